The van der Waals surface area contributed by atoms with Gasteiger partial charge in [0.2, 0.25) is 5.91 Å². The van der Waals surface area contributed by atoms with E-state index in [1.807, 2.05) is 42.5 Å². The van der Waals surface area contributed by atoms with Crippen LogP contribution in [0.2, 0.25) is 0 Å². The minimum absolute atomic E-state index is 0.106. The number of carbonyl (C=O) groups is 2. The summed E-state index contributed by atoms with van der Waals surface area (Å²) in [6.45, 7) is 1.44. The number of Topliss-reactive ketones (excluding diaryl/α,β-unsaturated/α-hetero) is 1. The lowest BCUT2D eigenvalue weighted by molar-refractivity contribution is -0.384. The molecular formula is C29H27N3O6. The lowest BCUT2D eigenvalue weighted by atomic mass is 9.78. The van der Waals surface area contributed by atoms with E-state index in [4.69, 9.17) is 9.47 Å². The van der Waals surface area contributed by atoms with Crippen molar-refractivity contribution in [3.63, 3.8) is 0 Å². The molecule has 1 aliphatic heterocycles. The number of fused-ring (bicyclic) bond motifs is 1. The van der Waals surface area contributed by atoms with Crippen LogP contribution in [0.3, 0.4) is 0 Å². The van der Waals surface area contributed by atoms with Crippen molar-refractivity contribution >= 4 is 28.8 Å². The second-order valence-corrected chi connectivity index (χ2v) is 9.32. The highest BCUT2D eigenvalue weighted by molar-refractivity contribution is 6.06. The molecule has 2 atom stereocenters. The van der Waals surface area contributed by atoms with Crippen LogP contribution < -0.4 is 19.7 Å². The van der Waals surface area contributed by atoms with Crippen LogP contribution in [0.5, 0.6) is 11.5 Å². The summed E-state index contributed by atoms with van der Waals surface area (Å²) in [5.41, 5.74) is 3.73. The normalized spacial score (nSPS) is 18.6. The minimum Gasteiger partial charge on any atom is -0.493 e. The maximum atomic E-state index is 13.9. The first-order valence-corrected chi connectivity index (χ1v) is 12.2. The van der Waals surface area contributed by atoms with Crippen molar-refractivity contribution in [2.45, 2.75) is 31.7 Å². The third kappa shape index (κ3) is 4.36. The van der Waals surface area contributed by atoms with Crippen LogP contribution in [-0.4, -0.2) is 30.8 Å². The van der Waals surface area contributed by atoms with Gasteiger partial charge in [-0.1, -0.05) is 30.3 Å². The number of hydrogen-bond acceptors (Lipinski definition) is 7. The monoisotopic (exact) mass is 513 g/mol. The minimum atomic E-state index is -0.822. The van der Waals surface area contributed by atoms with Gasteiger partial charge in [-0.25, -0.2) is 0 Å². The molecule has 1 heterocycles. The molecule has 9 nitrogen and oxygen atoms in total. The summed E-state index contributed by atoms with van der Waals surface area (Å²) in [6.07, 6.45) is 0.714. The van der Waals surface area contributed by atoms with E-state index in [1.165, 1.54) is 19.1 Å². The Morgan fingerprint density at radius 3 is 2.45 bits per heavy atom. The van der Waals surface area contributed by atoms with Gasteiger partial charge >= 0.3 is 0 Å². The SMILES string of the molecule is COc1ccc([C@@H]2CC(=O)C3=C(C2)Nc2ccccc2N(C(C)=O)[C@@H]3c2cccc([N+](=O)[O-])c2)cc1OC. The number of anilines is 2. The molecular weight excluding hydrogens is 486 g/mol. The van der Waals surface area contributed by atoms with E-state index in [-0.39, 0.29) is 29.7 Å². The number of ketones is 1. The number of nitrogens with zero attached hydrogens (tertiary/aromatic N) is 2. The molecule has 0 saturated heterocycles. The van der Waals surface area contributed by atoms with Gasteiger partial charge in [0.05, 0.1) is 36.6 Å². The van der Waals surface area contributed by atoms with E-state index in [0.29, 0.717) is 46.1 Å². The van der Waals surface area contributed by atoms with E-state index in [2.05, 4.69) is 5.32 Å². The summed E-state index contributed by atoms with van der Waals surface area (Å²) in [6, 6.07) is 18.3. The summed E-state index contributed by atoms with van der Waals surface area (Å²) in [5.74, 6) is 0.625. The van der Waals surface area contributed by atoms with E-state index in [1.54, 1.807) is 31.3 Å². The number of amides is 1. The number of non-ortho nitro benzene ring substituents is 1. The lowest BCUT2D eigenvalue weighted by Crippen LogP contribution is -2.37. The molecule has 1 N–H and O–H groups in total. The number of hydrogen-bond donors (Lipinski definition) is 1. The molecule has 0 saturated carbocycles. The number of rotatable bonds is 5. The molecule has 0 radical (unpaired) electrons. The lowest BCUT2D eigenvalue weighted by Gasteiger charge is -2.34. The predicted octanol–water partition coefficient (Wildman–Crippen LogP) is 5.53. The predicted molar refractivity (Wildman–Crippen MR) is 143 cm³/mol. The van der Waals surface area contributed by atoms with Crippen molar-refractivity contribution in [2.75, 3.05) is 24.4 Å². The average molecular weight is 514 g/mol. The van der Waals surface area contributed by atoms with E-state index in [9.17, 15) is 19.7 Å². The summed E-state index contributed by atoms with van der Waals surface area (Å²) in [7, 11) is 3.14. The second kappa shape index (κ2) is 10.0. The highest BCUT2D eigenvalue weighted by atomic mass is 16.6. The Labute approximate surface area is 219 Å². The second-order valence-electron chi connectivity index (χ2n) is 9.32. The molecule has 0 fully saturated rings. The van der Waals surface area contributed by atoms with Crippen molar-refractivity contribution in [2.24, 2.45) is 0 Å². The maximum Gasteiger partial charge on any atom is 0.269 e. The van der Waals surface area contributed by atoms with Crippen LogP contribution >= 0.6 is 0 Å². The Balaban J connectivity index is 1.68. The summed E-state index contributed by atoms with van der Waals surface area (Å²) < 4.78 is 10.8. The smallest absolute Gasteiger partial charge is 0.269 e. The fraction of sp³-hybridized carbons (Fsp3) is 0.241. The Hall–Kier alpha value is -4.66. The van der Waals surface area contributed by atoms with Gasteiger partial charge in [0.25, 0.3) is 5.69 Å². The van der Waals surface area contributed by atoms with Gasteiger partial charge < -0.3 is 14.8 Å². The van der Waals surface area contributed by atoms with Crippen molar-refractivity contribution < 1.29 is 24.0 Å². The van der Waals surface area contributed by atoms with Gasteiger partial charge in [0, 0.05) is 36.7 Å². The van der Waals surface area contributed by atoms with Crippen molar-refractivity contribution in [3.8, 4) is 11.5 Å². The highest BCUT2D eigenvalue weighted by Gasteiger charge is 2.41. The maximum absolute atomic E-state index is 13.9. The molecule has 0 bridgehead atoms. The molecule has 0 spiro atoms. The van der Waals surface area contributed by atoms with Gasteiger partial charge in [-0.2, -0.15) is 0 Å². The zero-order valence-electron chi connectivity index (χ0n) is 21.3. The van der Waals surface area contributed by atoms with Gasteiger partial charge in [0.15, 0.2) is 17.3 Å². The van der Waals surface area contributed by atoms with Gasteiger partial charge in [0.1, 0.15) is 0 Å². The third-order valence-corrected chi connectivity index (χ3v) is 7.10. The van der Waals surface area contributed by atoms with E-state index in [0.717, 1.165) is 5.56 Å². The van der Waals surface area contributed by atoms with Crippen LogP contribution in [0.25, 0.3) is 0 Å². The van der Waals surface area contributed by atoms with Crippen LogP contribution in [0.1, 0.15) is 42.9 Å². The highest BCUT2D eigenvalue weighted by Crippen LogP contribution is 2.48. The molecule has 1 aliphatic carbocycles. The average Bonchev–Trinajstić information content (AvgIpc) is 3.07. The first kappa shape index (κ1) is 25.0. The Morgan fingerprint density at radius 2 is 1.74 bits per heavy atom. The molecule has 3 aromatic rings. The molecule has 5 rings (SSSR count). The van der Waals surface area contributed by atoms with Gasteiger partial charge in [-0.05, 0) is 47.7 Å². The fourth-order valence-corrected chi connectivity index (χ4v) is 5.40. The molecule has 1 amide bonds. The summed E-state index contributed by atoms with van der Waals surface area (Å²) >= 11 is 0. The van der Waals surface area contributed by atoms with Crippen molar-refractivity contribution in [1.29, 1.82) is 0 Å². The molecule has 38 heavy (non-hydrogen) atoms. The largest absolute Gasteiger partial charge is 0.493 e. The fourth-order valence-electron chi connectivity index (χ4n) is 5.40. The van der Waals surface area contributed by atoms with Gasteiger partial charge in [-0.3, -0.25) is 24.6 Å². The van der Waals surface area contributed by atoms with Crippen LogP contribution in [0.4, 0.5) is 17.1 Å². The Bertz CT molecular complexity index is 1480. The first-order chi connectivity index (χ1) is 18.3. The zero-order valence-corrected chi connectivity index (χ0v) is 21.3. The molecule has 9 heteroatoms. The molecule has 3 aromatic carbocycles. The number of ether oxygens (including phenoxy) is 2. The van der Waals surface area contributed by atoms with E-state index >= 15 is 0 Å². The number of methoxy groups -OCH3 is 2. The molecule has 0 unspecified atom stereocenters. The number of carbonyl (C=O) groups excluding carboxylic acids is 2. The number of benzene rings is 3. The van der Waals surface area contributed by atoms with Crippen LogP contribution in [0.15, 0.2) is 78.0 Å². The number of nitrogens with one attached hydrogen (secondary N) is 1. The van der Waals surface area contributed by atoms with E-state index < -0.39 is 11.0 Å². The molecule has 194 valence electrons. The van der Waals surface area contributed by atoms with Crippen molar-refractivity contribution in [3.05, 3.63) is 99.2 Å². The third-order valence-electron chi connectivity index (χ3n) is 7.10. The zero-order chi connectivity index (χ0) is 27.0. The van der Waals surface area contributed by atoms with Crippen LogP contribution in [0, 0.1) is 10.1 Å². The first-order valence-electron chi connectivity index (χ1n) is 12.2. The number of nitro benzene ring substituents is 1. The summed E-state index contributed by atoms with van der Waals surface area (Å²) in [4.78, 5) is 39.7. The number of allylic oxidation sites excluding steroid dienone is 1. The topological polar surface area (TPSA) is 111 Å². The number of nitro groups is 1. The van der Waals surface area contributed by atoms with Crippen LogP contribution in [-0.2, 0) is 9.59 Å². The standard InChI is InChI=1S/C29H27N3O6/c1-17(33)31-24-10-5-4-9-22(24)30-23-14-20(18-11-12-26(37-2)27(16-18)38-3)15-25(34)28(23)29(31)19-7-6-8-21(13-19)32(35)36/h4-13,16,20,29-30H,14-15H2,1-3H3/t20-,29+/m0/s1. The van der Waals surface area contributed by atoms with Gasteiger partial charge in [-0.15, -0.1) is 0 Å². The Kier molecular flexibility index (Phi) is 6.59. The quantitative estimate of drug-likeness (QED) is 0.353. The number of para-hydroxylation sites is 2. The van der Waals surface area contributed by atoms with Crippen molar-refractivity contribution in [1.82, 2.24) is 0 Å². The summed E-state index contributed by atoms with van der Waals surface area (Å²) in [5, 5.41) is 15.0. The molecule has 2 aliphatic rings. The molecule has 0 aromatic heterocycles. The Morgan fingerprint density at radius 1 is 0.974 bits per heavy atom.